The molecule has 0 aromatic heterocycles. The third kappa shape index (κ3) is 3.09. The number of halogens is 1. The average Bonchev–Trinajstić information content (AvgIpc) is 2.18. The fourth-order valence-electron chi connectivity index (χ4n) is 1.07. The molecule has 0 fully saturated rings. The zero-order chi connectivity index (χ0) is 10.4. The van der Waals surface area contributed by atoms with Crippen molar-refractivity contribution >= 4 is 16.8 Å². The molecule has 72 valence electrons. The van der Waals surface area contributed by atoms with E-state index >= 15 is 0 Å². The summed E-state index contributed by atoms with van der Waals surface area (Å²) in [5, 5.41) is 2.69. The zero-order valence-corrected chi connectivity index (χ0v) is 8.05. The van der Waals surface area contributed by atoms with Gasteiger partial charge in [0.1, 0.15) is 6.04 Å². The van der Waals surface area contributed by atoms with Gasteiger partial charge in [0.15, 0.2) is 0 Å². The Balaban J connectivity index is 2.75. The Morgan fingerprint density at radius 1 is 1.50 bits per heavy atom. The highest BCUT2D eigenvalue weighted by atomic mass is 35.5. The maximum Gasteiger partial charge on any atom is 0.230 e. The molecule has 0 bridgehead atoms. The van der Waals surface area contributed by atoms with E-state index in [1.54, 1.807) is 0 Å². The molecule has 0 amide bonds. The van der Waals surface area contributed by atoms with Gasteiger partial charge in [0.2, 0.25) is 5.24 Å². The summed E-state index contributed by atoms with van der Waals surface area (Å²) in [6.07, 6.45) is 0.341. The predicted octanol–water partition coefficient (Wildman–Crippen LogP) is 2.67. The number of carbonyl (C=O) groups excluding carboxylic acids is 1. The van der Waals surface area contributed by atoms with Crippen LogP contribution in [0.1, 0.15) is 5.56 Å². The van der Waals surface area contributed by atoms with Crippen molar-refractivity contribution in [2.45, 2.75) is 12.5 Å². The molecule has 1 aromatic rings. The summed E-state index contributed by atoms with van der Waals surface area (Å²) >= 11 is 5.27. The molecule has 1 rings (SSSR count). The summed E-state index contributed by atoms with van der Waals surface area (Å²) in [6.45, 7) is 0. The molecular formula is C9H8ClN3O. The van der Waals surface area contributed by atoms with Crippen molar-refractivity contribution in [2.75, 3.05) is 0 Å². The molecule has 0 heterocycles. The Morgan fingerprint density at radius 2 is 2.14 bits per heavy atom. The lowest BCUT2D eigenvalue weighted by molar-refractivity contribution is -0.112. The number of benzene rings is 1. The summed E-state index contributed by atoms with van der Waals surface area (Å²) in [5.74, 6) is 0. The van der Waals surface area contributed by atoms with Crippen LogP contribution in [0.2, 0.25) is 0 Å². The van der Waals surface area contributed by atoms with Crippen LogP contribution in [0.5, 0.6) is 0 Å². The molecule has 0 unspecified atom stereocenters. The first-order valence-corrected chi connectivity index (χ1v) is 4.39. The minimum atomic E-state index is -0.816. The molecule has 4 nitrogen and oxygen atoms in total. The van der Waals surface area contributed by atoms with E-state index in [-0.39, 0.29) is 0 Å². The molecule has 1 atom stereocenters. The van der Waals surface area contributed by atoms with Crippen LogP contribution in [0.4, 0.5) is 0 Å². The monoisotopic (exact) mass is 209 g/mol. The van der Waals surface area contributed by atoms with E-state index in [9.17, 15) is 4.79 Å². The second-order valence-electron chi connectivity index (χ2n) is 2.71. The molecule has 0 saturated heterocycles. The summed E-state index contributed by atoms with van der Waals surface area (Å²) in [6, 6.07) is 8.44. The second kappa shape index (κ2) is 5.27. The molecule has 0 radical (unpaired) electrons. The normalized spacial score (nSPS) is 11.5. The molecule has 0 saturated carbocycles. The van der Waals surface area contributed by atoms with Gasteiger partial charge in [-0.3, -0.25) is 4.79 Å². The predicted molar refractivity (Wildman–Crippen MR) is 53.9 cm³/mol. The van der Waals surface area contributed by atoms with Crippen LogP contribution in [0.3, 0.4) is 0 Å². The number of rotatable bonds is 4. The van der Waals surface area contributed by atoms with Crippen LogP contribution in [0, 0.1) is 0 Å². The quantitative estimate of drug-likeness (QED) is 0.325. The fourth-order valence-corrected chi connectivity index (χ4v) is 1.19. The topological polar surface area (TPSA) is 65.8 Å². The van der Waals surface area contributed by atoms with Crippen LogP contribution in [0.25, 0.3) is 10.4 Å². The first kappa shape index (κ1) is 10.6. The number of hydrogen-bond acceptors (Lipinski definition) is 2. The van der Waals surface area contributed by atoms with E-state index in [0.29, 0.717) is 6.42 Å². The van der Waals surface area contributed by atoms with E-state index < -0.39 is 11.3 Å². The molecule has 0 aliphatic heterocycles. The van der Waals surface area contributed by atoms with E-state index in [0.717, 1.165) is 5.56 Å². The highest BCUT2D eigenvalue weighted by Crippen LogP contribution is 2.08. The molecule has 0 aliphatic carbocycles. The summed E-state index contributed by atoms with van der Waals surface area (Å²) in [4.78, 5) is 13.4. The van der Waals surface area contributed by atoms with Gasteiger partial charge in [0.25, 0.3) is 0 Å². The molecule has 0 N–H and O–H groups in total. The van der Waals surface area contributed by atoms with E-state index in [2.05, 4.69) is 10.0 Å². The van der Waals surface area contributed by atoms with Gasteiger partial charge in [-0.2, -0.15) is 0 Å². The van der Waals surface area contributed by atoms with Crippen LogP contribution in [-0.4, -0.2) is 11.3 Å². The van der Waals surface area contributed by atoms with Gasteiger partial charge in [-0.1, -0.05) is 35.4 Å². The standard InChI is InChI=1S/C9H8ClN3O/c10-9(14)8(12-13-11)6-7-4-2-1-3-5-7/h1-5,8H,6H2/t8-/m0/s1. The number of carbonyl (C=O) groups is 1. The van der Waals surface area contributed by atoms with Crippen molar-refractivity contribution in [3.05, 3.63) is 46.3 Å². The number of azide groups is 1. The van der Waals surface area contributed by atoms with Crippen molar-refractivity contribution in [1.82, 2.24) is 0 Å². The minimum Gasteiger partial charge on any atom is -0.281 e. The first-order chi connectivity index (χ1) is 6.74. The lowest BCUT2D eigenvalue weighted by atomic mass is 10.1. The van der Waals surface area contributed by atoms with Crippen molar-refractivity contribution in [3.63, 3.8) is 0 Å². The zero-order valence-electron chi connectivity index (χ0n) is 7.30. The van der Waals surface area contributed by atoms with Crippen LogP contribution < -0.4 is 0 Å². The molecular weight excluding hydrogens is 202 g/mol. The molecule has 14 heavy (non-hydrogen) atoms. The third-order valence-corrected chi connectivity index (χ3v) is 1.98. The Bertz CT molecular complexity index is 358. The SMILES string of the molecule is [N-]=[N+]=N[C@@H](Cc1ccccc1)C(=O)Cl. The molecule has 5 heteroatoms. The third-order valence-electron chi connectivity index (χ3n) is 1.72. The minimum absolute atomic E-state index is 0.341. The molecule has 0 spiro atoms. The Hall–Kier alpha value is -1.51. The number of hydrogen-bond donors (Lipinski definition) is 0. The maximum atomic E-state index is 10.8. The van der Waals surface area contributed by atoms with Crippen LogP contribution in [0.15, 0.2) is 35.4 Å². The Kier molecular flexibility index (Phi) is 3.98. The van der Waals surface area contributed by atoms with Crippen molar-refractivity contribution in [1.29, 1.82) is 0 Å². The smallest absolute Gasteiger partial charge is 0.230 e. The lowest BCUT2D eigenvalue weighted by Crippen LogP contribution is -2.15. The molecule has 0 aliphatic rings. The Labute approximate surface area is 86.1 Å². The van der Waals surface area contributed by atoms with Gasteiger partial charge in [-0.25, -0.2) is 0 Å². The van der Waals surface area contributed by atoms with E-state index in [1.165, 1.54) is 0 Å². The van der Waals surface area contributed by atoms with Gasteiger partial charge >= 0.3 is 0 Å². The first-order valence-electron chi connectivity index (χ1n) is 4.01. The average molecular weight is 210 g/mol. The highest BCUT2D eigenvalue weighted by molar-refractivity contribution is 6.64. The summed E-state index contributed by atoms with van der Waals surface area (Å²) in [5.41, 5.74) is 9.13. The second-order valence-corrected chi connectivity index (χ2v) is 3.09. The van der Waals surface area contributed by atoms with Crippen LogP contribution in [-0.2, 0) is 11.2 Å². The van der Waals surface area contributed by atoms with Gasteiger partial charge in [0, 0.05) is 4.91 Å². The van der Waals surface area contributed by atoms with Gasteiger partial charge in [-0.05, 0) is 29.1 Å². The van der Waals surface area contributed by atoms with Gasteiger partial charge < -0.3 is 0 Å². The Morgan fingerprint density at radius 3 is 2.64 bits per heavy atom. The highest BCUT2D eigenvalue weighted by Gasteiger charge is 2.14. The van der Waals surface area contributed by atoms with Crippen molar-refractivity contribution in [3.8, 4) is 0 Å². The van der Waals surface area contributed by atoms with Gasteiger partial charge in [-0.15, -0.1) is 0 Å². The summed E-state index contributed by atoms with van der Waals surface area (Å²) < 4.78 is 0. The largest absolute Gasteiger partial charge is 0.281 e. The van der Waals surface area contributed by atoms with Crippen LogP contribution >= 0.6 is 11.6 Å². The number of nitrogens with zero attached hydrogens (tertiary/aromatic N) is 3. The van der Waals surface area contributed by atoms with Crippen molar-refractivity contribution < 1.29 is 4.79 Å². The van der Waals surface area contributed by atoms with Gasteiger partial charge in [0.05, 0.1) is 0 Å². The summed E-state index contributed by atoms with van der Waals surface area (Å²) in [7, 11) is 0. The maximum absolute atomic E-state index is 10.8. The van der Waals surface area contributed by atoms with E-state index in [1.807, 2.05) is 30.3 Å². The lowest BCUT2D eigenvalue weighted by Gasteiger charge is -2.04. The molecule has 1 aromatic carbocycles. The fraction of sp³-hybridized carbons (Fsp3) is 0.222. The van der Waals surface area contributed by atoms with Crippen molar-refractivity contribution in [2.24, 2.45) is 5.11 Å². The van der Waals surface area contributed by atoms with E-state index in [4.69, 9.17) is 17.1 Å².